The number of hydrogen-bond acceptors (Lipinski definition) is 2. The third-order valence-corrected chi connectivity index (χ3v) is 5.18. The minimum Gasteiger partial charge on any atom is -0.299 e. The number of aryl methyl sites for hydroxylation is 2. The Bertz CT molecular complexity index is 1140. The van der Waals surface area contributed by atoms with Crippen LogP contribution in [0.4, 0.5) is 0 Å². The maximum Gasteiger partial charge on any atom is 0.273 e. The monoisotopic (exact) mass is 400 g/mol. The molecule has 0 saturated carbocycles. The van der Waals surface area contributed by atoms with Gasteiger partial charge in [0.15, 0.2) is 5.15 Å². The lowest BCUT2D eigenvalue weighted by Gasteiger charge is -2.16. The van der Waals surface area contributed by atoms with E-state index in [0.717, 1.165) is 17.5 Å². The lowest BCUT2D eigenvalue weighted by atomic mass is 10.1. The maximum atomic E-state index is 13.4. The lowest BCUT2D eigenvalue weighted by molar-refractivity contribution is 0.728. The van der Waals surface area contributed by atoms with Gasteiger partial charge in [-0.2, -0.15) is 0 Å². The molecule has 4 rings (SSSR count). The second-order valence-electron chi connectivity index (χ2n) is 6.93. The number of benzene rings is 3. The van der Waals surface area contributed by atoms with Crippen molar-refractivity contribution >= 4 is 11.6 Å². The molecule has 0 N–H and O–H groups in total. The van der Waals surface area contributed by atoms with E-state index in [2.05, 4.69) is 17.1 Å². The van der Waals surface area contributed by atoms with Crippen molar-refractivity contribution in [3.63, 3.8) is 0 Å². The SMILES string of the molecule is O=c1c(CCc2ccccc2)nc(Cl)c(-c2ccccc2)n1Cc1ccccc1. The lowest BCUT2D eigenvalue weighted by Crippen LogP contribution is -2.28. The molecule has 3 aromatic carbocycles. The van der Waals surface area contributed by atoms with Crippen LogP contribution in [-0.2, 0) is 19.4 Å². The van der Waals surface area contributed by atoms with Crippen molar-refractivity contribution in [2.75, 3.05) is 0 Å². The molecule has 144 valence electrons. The molecule has 0 aliphatic carbocycles. The Hall–Kier alpha value is -3.17. The summed E-state index contributed by atoms with van der Waals surface area (Å²) in [6.45, 7) is 0.449. The van der Waals surface area contributed by atoms with E-state index in [4.69, 9.17) is 11.6 Å². The Morgan fingerprint density at radius 3 is 1.90 bits per heavy atom. The fourth-order valence-corrected chi connectivity index (χ4v) is 3.76. The highest BCUT2D eigenvalue weighted by Gasteiger charge is 2.17. The summed E-state index contributed by atoms with van der Waals surface area (Å²) in [7, 11) is 0. The van der Waals surface area contributed by atoms with E-state index in [0.29, 0.717) is 29.5 Å². The fourth-order valence-electron chi connectivity index (χ4n) is 3.45. The molecular formula is C25H21ClN2O. The van der Waals surface area contributed by atoms with Crippen molar-refractivity contribution in [2.45, 2.75) is 19.4 Å². The van der Waals surface area contributed by atoms with Gasteiger partial charge in [0.2, 0.25) is 0 Å². The first-order chi connectivity index (χ1) is 14.2. The summed E-state index contributed by atoms with van der Waals surface area (Å²) in [5, 5.41) is 0.356. The molecule has 0 bridgehead atoms. The molecule has 0 radical (unpaired) electrons. The summed E-state index contributed by atoms with van der Waals surface area (Å²) in [4.78, 5) is 17.9. The summed E-state index contributed by atoms with van der Waals surface area (Å²) in [6, 6.07) is 29.8. The predicted octanol–water partition coefficient (Wildman–Crippen LogP) is 5.40. The van der Waals surface area contributed by atoms with E-state index >= 15 is 0 Å². The topological polar surface area (TPSA) is 34.9 Å². The number of nitrogens with zero attached hydrogens (tertiary/aromatic N) is 2. The van der Waals surface area contributed by atoms with Gasteiger partial charge in [-0.15, -0.1) is 0 Å². The van der Waals surface area contributed by atoms with Gasteiger partial charge < -0.3 is 0 Å². The van der Waals surface area contributed by atoms with Gasteiger partial charge in [0.25, 0.3) is 5.56 Å². The van der Waals surface area contributed by atoms with Gasteiger partial charge >= 0.3 is 0 Å². The standard InChI is InChI=1S/C25H21ClN2O/c26-24-23(21-14-8-3-9-15-21)28(18-20-12-6-2-7-13-20)25(29)22(27-24)17-16-19-10-4-1-5-11-19/h1-15H,16-18H2. The third kappa shape index (κ3) is 4.47. The summed E-state index contributed by atoms with van der Waals surface area (Å²) in [5.74, 6) is 0. The van der Waals surface area contributed by atoms with Crippen LogP contribution in [0, 0.1) is 0 Å². The van der Waals surface area contributed by atoms with Crippen LogP contribution >= 0.6 is 11.6 Å². The van der Waals surface area contributed by atoms with Crippen LogP contribution in [0.1, 0.15) is 16.8 Å². The average Bonchev–Trinajstić information content (AvgIpc) is 2.77. The summed E-state index contributed by atoms with van der Waals surface area (Å²) < 4.78 is 1.75. The number of rotatable bonds is 6. The molecule has 3 nitrogen and oxygen atoms in total. The molecule has 0 aliphatic rings. The Balaban J connectivity index is 1.77. The van der Waals surface area contributed by atoms with Crippen LogP contribution in [0.25, 0.3) is 11.3 Å². The summed E-state index contributed by atoms with van der Waals surface area (Å²) in [6.07, 6.45) is 1.29. The Morgan fingerprint density at radius 1 is 0.724 bits per heavy atom. The van der Waals surface area contributed by atoms with E-state index in [1.165, 1.54) is 5.56 Å². The molecule has 4 heteroatoms. The maximum absolute atomic E-state index is 13.4. The zero-order valence-corrected chi connectivity index (χ0v) is 16.7. The molecule has 0 fully saturated rings. The molecule has 0 spiro atoms. The Kier molecular flexibility index (Phi) is 5.87. The Morgan fingerprint density at radius 2 is 1.28 bits per heavy atom. The molecule has 4 aromatic rings. The second-order valence-corrected chi connectivity index (χ2v) is 7.28. The van der Waals surface area contributed by atoms with Crippen molar-refractivity contribution in [1.29, 1.82) is 0 Å². The minimum atomic E-state index is -0.0898. The van der Waals surface area contributed by atoms with Crippen LogP contribution in [-0.4, -0.2) is 9.55 Å². The van der Waals surface area contributed by atoms with E-state index in [9.17, 15) is 4.79 Å². The quantitative estimate of drug-likeness (QED) is 0.434. The van der Waals surface area contributed by atoms with Gasteiger partial charge in [-0.3, -0.25) is 9.36 Å². The van der Waals surface area contributed by atoms with E-state index in [1.807, 2.05) is 78.9 Å². The fraction of sp³-hybridized carbons (Fsp3) is 0.120. The molecule has 29 heavy (non-hydrogen) atoms. The van der Waals surface area contributed by atoms with Gasteiger partial charge in [-0.25, -0.2) is 4.98 Å². The summed E-state index contributed by atoms with van der Waals surface area (Å²) in [5.41, 5.74) is 4.16. The highest BCUT2D eigenvalue weighted by Crippen LogP contribution is 2.26. The van der Waals surface area contributed by atoms with Crippen LogP contribution in [0.15, 0.2) is 95.8 Å². The first-order valence-corrected chi connectivity index (χ1v) is 10.0. The zero-order chi connectivity index (χ0) is 20.1. The molecule has 0 aliphatic heterocycles. The average molecular weight is 401 g/mol. The van der Waals surface area contributed by atoms with Gasteiger partial charge in [0.1, 0.15) is 5.69 Å². The normalized spacial score (nSPS) is 10.8. The largest absolute Gasteiger partial charge is 0.299 e. The molecule has 0 saturated heterocycles. The van der Waals surface area contributed by atoms with Crippen LogP contribution in [0.3, 0.4) is 0 Å². The zero-order valence-electron chi connectivity index (χ0n) is 16.0. The van der Waals surface area contributed by atoms with Crippen LogP contribution < -0.4 is 5.56 Å². The van der Waals surface area contributed by atoms with Gasteiger partial charge in [-0.05, 0) is 24.0 Å². The molecule has 1 aromatic heterocycles. The molecule has 0 unspecified atom stereocenters. The highest BCUT2D eigenvalue weighted by atomic mass is 35.5. The van der Waals surface area contributed by atoms with E-state index in [-0.39, 0.29) is 5.56 Å². The predicted molar refractivity (Wildman–Crippen MR) is 118 cm³/mol. The number of halogens is 1. The first kappa shape index (κ1) is 19.2. The second kappa shape index (κ2) is 8.89. The van der Waals surface area contributed by atoms with E-state index < -0.39 is 0 Å². The smallest absolute Gasteiger partial charge is 0.273 e. The number of aromatic nitrogens is 2. The highest BCUT2D eigenvalue weighted by molar-refractivity contribution is 6.31. The molecule has 1 heterocycles. The Labute approximate surface area is 175 Å². The molecular weight excluding hydrogens is 380 g/mol. The number of hydrogen-bond donors (Lipinski definition) is 0. The van der Waals surface area contributed by atoms with Crippen molar-refractivity contribution in [1.82, 2.24) is 9.55 Å². The van der Waals surface area contributed by atoms with Crippen molar-refractivity contribution < 1.29 is 0 Å². The third-order valence-electron chi connectivity index (χ3n) is 4.91. The first-order valence-electron chi connectivity index (χ1n) is 9.65. The van der Waals surface area contributed by atoms with Crippen LogP contribution in [0.2, 0.25) is 5.15 Å². The van der Waals surface area contributed by atoms with Gasteiger partial charge in [0.05, 0.1) is 12.2 Å². The van der Waals surface area contributed by atoms with Crippen molar-refractivity contribution in [2.24, 2.45) is 0 Å². The molecule has 0 amide bonds. The van der Waals surface area contributed by atoms with E-state index in [1.54, 1.807) is 4.57 Å². The van der Waals surface area contributed by atoms with Crippen molar-refractivity contribution in [3.8, 4) is 11.3 Å². The minimum absolute atomic E-state index is 0.0898. The van der Waals surface area contributed by atoms with Gasteiger partial charge in [-0.1, -0.05) is 103 Å². The van der Waals surface area contributed by atoms with Crippen molar-refractivity contribution in [3.05, 3.63) is 123 Å². The van der Waals surface area contributed by atoms with Crippen LogP contribution in [0.5, 0.6) is 0 Å². The molecule has 0 atom stereocenters. The summed E-state index contributed by atoms with van der Waals surface area (Å²) >= 11 is 6.62. The van der Waals surface area contributed by atoms with Gasteiger partial charge in [0, 0.05) is 5.56 Å².